The van der Waals surface area contributed by atoms with E-state index >= 15 is 0 Å². The van der Waals surface area contributed by atoms with E-state index < -0.39 is 0 Å². The first-order valence-corrected chi connectivity index (χ1v) is 6.31. The highest BCUT2D eigenvalue weighted by atomic mass is 16.1. The lowest BCUT2D eigenvalue weighted by Gasteiger charge is -2.09. The van der Waals surface area contributed by atoms with Crippen molar-refractivity contribution in [3.8, 4) is 0 Å². The van der Waals surface area contributed by atoms with Crippen LogP contribution in [-0.2, 0) is 0 Å². The van der Waals surface area contributed by atoms with Crippen LogP contribution in [0.1, 0.15) is 50.4 Å². The second-order valence-electron chi connectivity index (χ2n) is 4.96. The van der Waals surface area contributed by atoms with Gasteiger partial charge in [-0.05, 0) is 32.6 Å². The van der Waals surface area contributed by atoms with E-state index in [0.717, 1.165) is 18.4 Å². The van der Waals surface area contributed by atoms with Crippen LogP contribution in [0, 0.1) is 5.92 Å². The zero-order chi connectivity index (χ0) is 12.7. The van der Waals surface area contributed by atoms with Crippen LogP contribution >= 0.6 is 0 Å². The van der Waals surface area contributed by atoms with Gasteiger partial charge in [0.05, 0.1) is 0 Å². The first-order valence-electron chi connectivity index (χ1n) is 6.31. The van der Waals surface area contributed by atoms with Gasteiger partial charge in [0.2, 0.25) is 0 Å². The number of hydrogen-bond acceptors (Lipinski definition) is 1. The fourth-order valence-electron chi connectivity index (χ4n) is 1.82. The maximum Gasteiger partial charge on any atom is 0.163 e. The third-order valence-electron chi connectivity index (χ3n) is 2.84. The Hall–Kier alpha value is -1.37. The van der Waals surface area contributed by atoms with Gasteiger partial charge in [-0.2, -0.15) is 0 Å². The minimum absolute atomic E-state index is 0.260. The van der Waals surface area contributed by atoms with Crippen molar-refractivity contribution in [3.63, 3.8) is 0 Å². The van der Waals surface area contributed by atoms with Crippen molar-refractivity contribution in [2.75, 3.05) is 0 Å². The second kappa shape index (κ2) is 7.05. The Morgan fingerprint density at radius 1 is 1.24 bits per heavy atom. The van der Waals surface area contributed by atoms with Gasteiger partial charge in [-0.3, -0.25) is 4.79 Å². The van der Waals surface area contributed by atoms with Crippen LogP contribution in [0.15, 0.2) is 42.0 Å². The van der Waals surface area contributed by atoms with Crippen molar-refractivity contribution in [2.45, 2.75) is 40.0 Å². The van der Waals surface area contributed by atoms with Gasteiger partial charge in [-0.1, -0.05) is 48.9 Å². The zero-order valence-electron chi connectivity index (χ0n) is 11.1. The number of carbonyl (C=O) groups is 1. The third-order valence-corrected chi connectivity index (χ3v) is 2.84. The van der Waals surface area contributed by atoms with Gasteiger partial charge < -0.3 is 0 Å². The van der Waals surface area contributed by atoms with Crippen molar-refractivity contribution in [1.82, 2.24) is 0 Å². The van der Waals surface area contributed by atoms with E-state index in [0.29, 0.717) is 12.3 Å². The number of allylic oxidation sites excluding steroid dienone is 2. The molecule has 1 heteroatoms. The largest absolute Gasteiger partial charge is 0.294 e. The molecule has 17 heavy (non-hydrogen) atoms. The van der Waals surface area contributed by atoms with Crippen LogP contribution in [0.4, 0.5) is 0 Å². The van der Waals surface area contributed by atoms with E-state index in [1.807, 2.05) is 30.3 Å². The molecule has 0 spiro atoms. The first kappa shape index (κ1) is 13.7. The highest BCUT2D eigenvalue weighted by Crippen LogP contribution is 2.15. The summed E-state index contributed by atoms with van der Waals surface area (Å²) in [6.45, 7) is 6.37. The predicted molar refractivity (Wildman–Crippen MR) is 73.2 cm³/mol. The van der Waals surface area contributed by atoms with Gasteiger partial charge in [-0.15, -0.1) is 0 Å². The Kier molecular flexibility index (Phi) is 5.68. The molecule has 0 aliphatic heterocycles. The standard InChI is InChI=1S/C16H22O/c1-13(2)8-7-9-14(3)12-16(17)15-10-5-4-6-11-15/h4-6,8,10-11,14H,7,9,12H2,1-3H3. The summed E-state index contributed by atoms with van der Waals surface area (Å²) in [6.07, 6.45) is 5.05. The molecular formula is C16H22O. The van der Waals surface area contributed by atoms with Crippen LogP contribution in [0.2, 0.25) is 0 Å². The molecule has 0 amide bonds. The number of benzene rings is 1. The lowest BCUT2D eigenvalue weighted by Crippen LogP contribution is -2.05. The molecule has 1 unspecified atom stereocenters. The summed E-state index contributed by atoms with van der Waals surface area (Å²) >= 11 is 0. The lowest BCUT2D eigenvalue weighted by atomic mass is 9.95. The molecule has 0 aliphatic rings. The van der Waals surface area contributed by atoms with Crippen LogP contribution in [-0.4, -0.2) is 5.78 Å². The first-order chi connectivity index (χ1) is 8.09. The molecule has 0 aromatic heterocycles. The molecule has 1 nitrogen and oxygen atoms in total. The van der Waals surface area contributed by atoms with Crippen LogP contribution in [0.25, 0.3) is 0 Å². The van der Waals surface area contributed by atoms with E-state index in [4.69, 9.17) is 0 Å². The molecule has 0 saturated carbocycles. The van der Waals surface area contributed by atoms with Gasteiger partial charge in [0, 0.05) is 12.0 Å². The summed E-state index contributed by atoms with van der Waals surface area (Å²) in [7, 11) is 0. The molecule has 1 atom stereocenters. The molecule has 0 heterocycles. The van der Waals surface area contributed by atoms with E-state index in [1.54, 1.807) is 0 Å². The zero-order valence-corrected chi connectivity index (χ0v) is 11.1. The number of hydrogen-bond donors (Lipinski definition) is 0. The predicted octanol–water partition coefficient (Wildman–Crippen LogP) is 4.64. The smallest absolute Gasteiger partial charge is 0.163 e. The number of rotatable bonds is 6. The van der Waals surface area contributed by atoms with Crippen molar-refractivity contribution in [3.05, 3.63) is 47.5 Å². The number of ketones is 1. The van der Waals surface area contributed by atoms with Crippen LogP contribution in [0.3, 0.4) is 0 Å². The van der Waals surface area contributed by atoms with E-state index in [9.17, 15) is 4.79 Å². The summed E-state index contributed by atoms with van der Waals surface area (Å²) < 4.78 is 0. The third kappa shape index (κ3) is 5.48. The monoisotopic (exact) mass is 230 g/mol. The molecule has 0 saturated heterocycles. The highest BCUT2D eigenvalue weighted by molar-refractivity contribution is 5.96. The average molecular weight is 230 g/mol. The van der Waals surface area contributed by atoms with Gasteiger partial charge in [0.25, 0.3) is 0 Å². The maximum absolute atomic E-state index is 11.9. The molecule has 1 aromatic carbocycles. The van der Waals surface area contributed by atoms with E-state index in [2.05, 4.69) is 26.8 Å². The van der Waals surface area contributed by atoms with Crippen molar-refractivity contribution >= 4 is 5.78 Å². The Bertz CT molecular complexity index is 372. The number of Topliss-reactive ketones (excluding diaryl/α,β-unsaturated/α-hetero) is 1. The molecule has 1 aromatic rings. The van der Waals surface area contributed by atoms with Crippen LogP contribution in [0.5, 0.6) is 0 Å². The van der Waals surface area contributed by atoms with Crippen molar-refractivity contribution in [2.24, 2.45) is 5.92 Å². The summed E-state index contributed by atoms with van der Waals surface area (Å²) in [6, 6.07) is 9.56. The van der Waals surface area contributed by atoms with Gasteiger partial charge in [0.15, 0.2) is 5.78 Å². The summed E-state index contributed by atoms with van der Waals surface area (Å²) in [5.41, 5.74) is 2.19. The molecule has 92 valence electrons. The summed E-state index contributed by atoms with van der Waals surface area (Å²) in [4.78, 5) is 11.9. The van der Waals surface area contributed by atoms with Crippen molar-refractivity contribution < 1.29 is 4.79 Å². The molecule has 0 N–H and O–H groups in total. The SMILES string of the molecule is CC(C)=CCCC(C)CC(=O)c1ccccc1. The molecule has 0 radical (unpaired) electrons. The minimum Gasteiger partial charge on any atom is -0.294 e. The maximum atomic E-state index is 11.9. The Morgan fingerprint density at radius 3 is 2.47 bits per heavy atom. The second-order valence-corrected chi connectivity index (χ2v) is 4.96. The Balaban J connectivity index is 2.39. The minimum atomic E-state index is 0.260. The highest BCUT2D eigenvalue weighted by Gasteiger charge is 2.10. The average Bonchev–Trinajstić information content (AvgIpc) is 2.29. The van der Waals surface area contributed by atoms with E-state index in [1.165, 1.54) is 5.57 Å². The summed E-state index contributed by atoms with van der Waals surface area (Å²) in [5, 5.41) is 0. The van der Waals surface area contributed by atoms with Crippen molar-refractivity contribution in [1.29, 1.82) is 0 Å². The fourth-order valence-corrected chi connectivity index (χ4v) is 1.82. The van der Waals surface area contributed by atoms with Crippen LogP contribution < -0.4 is 0 Å². The Labute approximate surface area is 105 Å². The van der Waals surface area contributed by atoms with Gasteiger partial charge >= 0.3 is 0 Å². The molecule has 0 fully saturated rings. The normalized spacial score (nSPS) is 11.9. The quantitative estimate of drug-likeness (QED) is 0.514. The fraction of sp³-hybridized carbons (Fsp3) is 0.438. The molecule has 1 rings (SSSR count). The van der Waals surface area contributed by atoms with Gasteiger partial charge in [-0.25, -0.2) is 0 Å². The van der Waals surface area contributed by atoms with Gasteiger partial charge in [0.1, 0.15) is 0 Å². The molecule has 0 aliphatic carbocycles. The van der Waals surface area contributed by atoms with E-state index in [-0.39, 0.29) is 5.78 Å². The lowest BCUT2D eigenvalue weighted by molar-refractivity contribution is 0.0963. The molecule has 0 bridgehead atoms. The number of carbonyl (C=O) groups excluding carboxylic acids is 1. The molecular weight excluding hydrogens is 208 g/mol. The topological polar surface area (TPSA) is 17.1 Å². The summed E-state index contributed by atoms with van der Waals surface area (Å²) in [5.74, 6) is 0.716. The Morgan fingerprint density at radius 2 is 1.88 bits per heavy atom.